The number of rotatable bonds is 8. The van der Waals surface area contributed by atoms with Gasteiger partial charge < -0.3 is 14.9 Å². The van der Waals surface area contributed by atoms with Gasteiger partial charge in [-0.15, -0.1) is 0 Å². The van der Waals surface area contributed by atoms with Crippen LogP contribution in [0.3, 0.4) is 0 Å². The fourth-order valence-corrected chi connectivity index (χ4v) is 4.06. The van der Waals surface area contributed by atoms with Gasteiger partial charge in [0.1, 0.15) is 11.5 Å². The zero-order valence-corrected chi connectivity index (χ0v) is 14.5. The van der Waals surface area contributed by atoms with Gasteiger partial charge in [-0.05, 0) is 24.0 Å². The average Bonchev–Trinajstić information content (AvgIpc) is 2.57. The number of aliphatic hydroxyl groups excluding tert-OH is 2. The molecule has 0 saturated heterocycles. The number of ether oxygens (including phenoxy) is 1. The van der Waals surface area contributed by atoms with Crippen LogP contribution in [-0.4, -0.2) is 23.4 Å². The van der Waals surface area contributed by atoms with Crippen molar-refractivity contribution in [2.75, 3.05) is 13.2 Å². The van der Waals surface area contributed by atoms with E-state index in [1.807, 2.05) is 0 Å². The lowest BCUT2D eigenvalue weighted by molar-refractivity contribution is 0.211. The highest BCUT2D eigenvalue weighted by Crippen LogP contribution is 2.33. The Morgan fingerprint density at radius 1 is 0.696 bits per heavy atom. The predicted octanol–water partition coefficient (Wildman–Crippen LogP) is 4.70. The number of allylic oxidation sites excluding steroid dienone is 2. The molecule has 2 aliphatic rings. The molecule has 0 aromatic carbocycles. The van der Waals surface area contributed by atoms with Gasteiger partial charge in [0.15, 0.2) is 0 Å². The molecule has 0 heterocycles. The second-order valence-corrected chi connectivity index (χ2v) is 7.22. The summed E-state index contributed by atoms with van der Waals surface area (Å²) in [5.74, 6) is 3.17. The first-order valence-corrected chi connectivity index (χ1v) is 9.59. The first-order valence-electron chi connectivity index (χ1n) is 9.59. The number of hydrogen-bond acceptors (Lipinski definition) is 3. The molecule has 3 heteroatoms. The first-order chi connectivity index (χ1) is 11.3. The fraction of sp³-hybridized carbons (Fsp3) is 0.800. The molecule has 0 bridgehead atoms. The maximum absolute atomic E-state index is 9.31. The van der Waals surface area contributed by atoms with Crippen LogP contribution in [0.5, 0.6) is 0 Å². The first kappa shape index (κ1) is 18.5. The summed E-state index contributed by atoms with van der Waals surface area (Å²) in [5, 5.41) is 18.6. The van der Waals surface area contributed by atoms with Crippen LogP contribution in [0.4, 0.5) is 0 Å². The molecule has 2 rings (SSSR count). The SMILES string of the molecule is OCC=C(CC1CCCCC1)OC(=CCO)CC1CCCCC1. The van der Waals surface area contributed by atoms with Crippen molar-refractivity contribution in [2.24, 2.45) is 11.8 Å². The Kier molecular flexibility index (Phi) is 8.77. The van der Waals surface area contributed by atoms with Crippen molar-refractivity contribution in [1.82, 2.24) is 0 Å². The molecule has 2 N–H and O–H groups in total. The quantitative estimate of drug-likeness (QED) is 0.637. The van der Waals surface area contributed by atoms with Crippen molar-refractivity contribution < 1.29 is 14.9 Å². The van der Waals surface area contributed by atoms with E-state index in [1.165, 1.54) is 64.2 Å². The molecule has 0 aromatic heterocycles. The van der Waals surface area contributed by atoms with Crippen molar-refractivity contribution >= 4 is 0 Å². The highest BCUT2D eigenvalue weighted by molar-refractivity contribution is 5.04. The molecular formula is C20H34O3. The summed E-state index contributed by atoms with van der Waals surface area (Å²) in [4.78, 5) is 0. The van der Waals surface area contributed by atoms with Crippen LogP contribution in [0.2, 0.25) is 0 Å². The Morgan fingerprint density at radius 3 is 1.43 bits per heavy atom. The van der Waals surface area contributed by atoms with E-state index in [-0.39, 0.29) is 13.2 Å². The normalized spacial score (nSPS) is 22.3. The third-order valence-corrected chi connectivity index (χ3v) is 5.33. The molecule has 2 saturated carbocycles. The Labute approximate surface area is 141 Å². The van der Waals surface area contributed by atoms with E-state index in [9.17, 15) is 10.2 Å². The van der Waals surface area contributed by atoms with Crippen LogP contribution in [-0.2, 0) is 4.74 Å². The van der Waals surface area contributed by atoms with Crippen LogP contribution in [0.15, 0.2) is 23.7 Å². The van der Waals surface area contributed by atoms with E-state index in [2.05, 4.69) is 0 Å². The van der Waals surface area contributed by atoms with Gasteiger partial charge in [0.25, 0.3) is 0 Å². The molecule has 2 fully saturated rings. The maximum Gasteiger partial charge on any atom is 0.102 e. The van der Waals surface area contributed by atoms with Crippen molar-refractivity contribution in [1.29, 1.82) is 0 Å². The lowest BCUT2D eigenvalue weighted by Crippen LogP contribution is -2.12. The summed E-state index contributed by atoms with van der Waals surface area (Å²) in [5.41, 5.74) is 0. The van der Waals surface area contributed by atoms with E-state index in [1.54, 1.807) is 12.2 Å². The zero-order valence-electron chi connectivity index (χ0n) is 14.5. The minimum absolute atomic E-state index is 0.0257. The lowest BCUT2D eigenvalue weighted by Gasteiger charge is -2.26. The molecule has 23 heavy (non-hydrogen) atoms. The third-order valence-electron chi connectivity index (χ3n) is 5.33. The van der Waals surface area contributed by atoms with E-state index in [0.29, 0.717) is 11.8 Å². The van der Waals surface area contributed by atoms with Gasteiger partial charge in [-0.25, -0.2) is 0 Å². The molecule has 0 aromatic rings. The molecule has 0 spiro atoms. The van der Waals surface area contributed by atoms with E-state index in [4.69, 9.17) is 4.74 Å². The van der Waals surface area contributed by atoms with Crippen LogP contribution in [0.1, 0.15) is 77.0 Å². The van der Waals surface area contributed by atoms with Gasteiger partial charge in [0.2, 0.25) is 0 Å². The smallest absolute Gasteiger partial charge is 0.102 e. The molecular weight excluding hydrogens is 288 g/mol. The highest BCUT2D eigenvalue weighted by atomic mass is 16.5. The minimum atomic E-state index is 0.0257. The summed E-state index contributed by atoms with van der Waals surface area (Å²) in [7, 11) is 0. The maximum atomic E-state index is 9.31. The van der Waals surface area contributed by atoms with E-state index < -0.39 is 0 Å². The molecule has 0 unspecified atom stereocenters. The average molecular weight is 322 g/mol. The molecule has 0 radical (unpaired) electrons. The summed E-state index contributed by atoms with van der Waals surface area (Å²) in [6.45, 7) is 0.0514. The fourth-order valence-electron chi connectivity index (χ4n) is 4.06. The highest BCUT2D eigenvalue weighted by Gasteiger charge is 2.19. The standard InChI is InChI=1S/C20H34O3/c21-13-11-19(15-17-7-3-1-4-8-17)23-20(12-14-22)16-18-9-5-2-6-10-18/h11-12,17-18,21-22H,1-10,13-16H2. The van der Waals surface area contributed by atoms with Gasteiger partial charge in [-0.1, -0.05) is 64.2 Å². The van der Waals surface area contributed by atoms with Crippen molar-refractivity contribution in [3.8, 4) is 0 Å². The largest absolute Gasteiger partial charge is 0.467 e. The van der Waals surface area contributed by atoms with Crippen molar-refractivity contribution in [2.45, 2.75) is 77.0 Å². The second-order valence-electron chi connectivity index (χ2n) is 7.22. The Bertz CT molecular complexity index is 338. The molecule has 0 amide bonds. The Hall–Kier alpha value is -0.800. The van der Waals surface area contributed by atoms with Crippen LogP contribution in [0.25, 0.3) is 0 Å². The second kappa shape index (κ2) is 10.9. The summed E-state index contributed by atoms with van der Waals surface area (Å²) < 4.78 is 6.14. The lowest BCUT2D eigenvalue weighted by atomic mass is 9.86. The van der Waals surface area contributed by atoms with Crippen LogP contribution in [0, 0.1) is 11.8 Å². The Morgan fingerprint density at radius 2 is 1.09 bits per heavy atom. The zero-order chi connectivity index (χ0) is 16.3. The van der Waals surface area contributed by atoms with Gasteiger partial charge in [0, 0.05) is 12.8 Å². The summed E-state index contributed by atoms with van der Waals surface area (Å²) in [6, 6.07) is 0. The topological polar surface area (TPSA) is 49.7 Å². The Balaban J connectivity index is 1.90. The minimum Gasteiger partial charge on any atom is -0.467 e. The monoisotopic (exact) mass is 322 g/mol. The van der Waals surface area contributed by atoms with Crippen molar-refractivity contribution in [3.63, 3.8) is 0 Å². The molecule has 3 nitrogen and oxygen atoms in total. The van der Waals surface area contributed by atoms with Crippen molar-refractivity contribution in [3.05, 3.63) is 23.7 Å². The van der Waals surface area contributed by atoms with Gasteiger partial charge in [-0.2, -0.15) is 0 Å². The van der Waals surface area contributed by atoms with E-state index in [0.717, 1.165) is 24.4 Å². The third kappa shape index (κ3) is 7.09. The van der Waals surface area contributed by atoms with E-state index >= 15 is 0 Å². The van der Waals surface area contributed by atoms with Gasteiger partial charge in [-0.3, -0.25) is 0 Å². The molecule has 2 aliphatic carbocycles. The molecule has 132 valence electrons. The molecule has 0 atom stereocenters. The van der Waals surface area contributed by atoms with Gasteiger partial charge >= 0.3 is 0 Å². The van der Waals surface area contributed by atoms with Gasteiger partial charge in [0.05, 0.1) is 13.2 Å². The van der Waals surface area contributed by atoms with Crippen LogP contribution >= 0.6 is 0 Å². The van der Waals surface area contributed by atoms with Crippen LogP contribution < -0.4 is 0 Å². The summed E-state index contributed by atoms with van der Waals surface area (Å²) in [6.07, 6.45) is 18.5. The number of hydrogen-bond donors (Lipinski definition) is 2. The summed E-state index contributed by atoms with van der Waals surface area (Å²) >= 11 is 0. The number of aliphatic hydroxyl groups is 2. The molecule has 0 aliphatic heterocycles. The predicted molar refractivity (Wildman–Crippen MR) is 93.8 cm³/mol.